The van der Waals surface area contributed by atoms with Crippen molar-refractivity contribution in [1.29, 1.82) is 0 Å². The number of ether oxygens (including phenoxy) is 5. The van der Waals surface area contributed by atoms with Gasteiger partial charge in [0.05, 0.1) is 6.33 Å². The van der Waals surface area contributed by atoms with Crippen LogP contribution < -0.4 is 14.8 Å². The smallest absolute Gasteiger partial charge is 0.303 e. The monoisotopic (exact) mass is 469 g/mol. The second-order valence-corrected chi connectivity index (χ2v) is 7.90. The molecule has 0 saturated carbocycles. The normalized spacial score (nSPS) is 20.9. The van der Waals surface area contributed by atoms with Gasteiger partial charge in [-0.25, -0.2) is 15.0 Å². The first-order valence-electron chi connectivity index (χ1n) is 10.7. The van der Waals surface area contributed by atoms with Crippen molar-refractivity contribution in [2.24, 2.45) is 0 Å². The third kappa shape index (κ3) is 4.44. The van der Waals surface area contributed by atoms with Crippen molar-refractivity contribution in [3.63, 3.8) is 0 Å². The highest BCUT2D eigenvalue weighted by Gasteiger charge is 2.40. The van der Waals surface area contributed by atoms with E-state index < -0.39 is 30.4 Å². The molecule has 12 heteroatoms. The summed E-state index contributed by atoms with van der Waals surface area (Å²) in [4.78, 5) is 36.0. The molecule has 2 aromatic heterocycles. The lowest BCUT2D eigenvalue weighted by atomic mass is 10.2. The lowest BCUT2D eigenvalue weighted by Crippen LogP contribution is -2.31. The summed E-state index contributed by atoms with van der Waals surface area (Å²) < 4.78 is 29.1. The molecule has 4 heterocycles. The fourth-order valence-corrected chi connectivity index (χ4v) is 3.99. The summed E-state index contributed by atoms with van der Waals surface area (Å²) in [5.74, 6) is 1.12. The maximum absolute atomic E-state index is 11.5. The molecular formula is C22H23N5O7. The lowest BCUT2D eigenvalue weighted by molar-refractivity contribution is -0.155. The molecule has 0 unspecified atom stereocenters. The Labute approximate surface area is 194 Å². The summed E-state index contributed by atoms with van der Waals surface area (Å²) in [6.45, 7) is 3.33. The SMILES string of the molecule is CC(=O)OC[C@H]1O[C@@H](n2cnc3c(NCc4ccc5c(c4)OCO5)ncnc32)C[C@H]1OC(C)=O. The van der Waals surface area contributed by atoms with Gasteiger partial charge in [0.15, 0.2) is 28.5 Å². The lowest BCUT2D eigenvalue weighted by Gasteiger charge is -2.17. The highest BCUT2D eigenvalue weighted by atomic mass is 16.7. The summed E-state index contributed by atoms with van der Waals surface area (Å²) in [6, 6.07) is 5.73. The number of hydrogen-bond donors (Lipinski definition) is 1. The first-order chi connectivity index (χ1) is 16.5. The third-order valence-corrected chi connectivity index (χ3v) is 5.51. The predicted octanol–water partition coefficient (Wildman–Crippen LogP) is 1.95. The third-order valence-electron chi connectivity index (χ3n) is 5.51. The van der Waals surface area contributed by atoms with E-state index in [0.29, 0.717) is 35.7 Å². The number of aromatic nitrogens is 4. The Balaban J connectivity index is 1.33. The van der Waals surface area contributed by atoms with E-state index in [1.165, 1.54) is 20.2 Å². The van der Waals surface area contributed by atoms with Crippen LogP contribution in [0.2, 0.25) is 0 Å². The first-order valence-corrected chi connectivity index (χ1v) is 10.7. The van der Waals surface area contributed by atoms with Crippen LogP contribution in [0.3, 0.4) is 0 Å². The minimum atomic E-state index is -0.597. The molecular weight excluding hydrogens is 446 g/mol. The second-order valence-electron chi connectivity index (χ2n) is 7.90. The van der Waals surface area contributed by atoms with E-state index >= 15 is 0 Å². The van der Waals surface area contributed by atoms with E-state index in [1.54, 1.807) is 10.9 Å². The number of benzene rings is 1. The Morgan fingerprint density at radius 3 is 2.82 bits per heavy atom. The van der Waals surface area contributed by atoms with Crippen LogP contribution in [0.15, 0.2) is 30.9 Å². The molecule has 5 rings (SSSR count). The van der Waals surface area contributed by atoms with Crippen LogP contribution in [0.5, 0.6) is 11.5 Å². The fraction of sp³-hybridized carbons (Fsp3) is 0.409. The van der Waals surface area contributed by atoms with Gasteiger partial charge >= 0.3 is 11.9 Å². The van der Waals surface area contributed by atoms with Crippen LogP contribution in [0.1, 0.15) is 32.1 Å². The number of imidazole rings is 1. The number of nitrogens with zero attached hydrogens (tertiary/aromatic N) is 4. The zero-order valence-electron chi connectivity index (χ0n) is 18.6. The van der Waals surface area contributed by atoms with Gasteiger partial charge in [-0.05, 0) is 17.7 Å². The van der Waals surface area contributed by atoms with Gasteiger partial charge in [-0.15, -0.1) is 0 Å². The van der Waals surface area contributed by atoms with E-state index in [2.05, 4.69) is 20.3 Å². The van der Waals surface area contributed by atoms with E-state index in [4.69, 9.17) is 23.7 Å². The van der Waals surface area contributed by atoms with Crippen LogP contribution in [-0.4, -0.2) is 57.1 Å². The molecule has 3 aromatic rings. The molecule has 0 amide bonds. The van der Waals surface area contributed by atoms with E-state index in [0.717, 1.165) is 11.3 Å². The maximum Gasteiger partial charge on any atom is 0.303 e. The summed E-state index contributed by atoms with van der Waals surface area (Å²) >= 11 is 0. The molecule has 12 nitrogen and oxygen atoms in total. The van der Waals surface area contributed by atoms with Crippen molar-refractivity contribution in [1.82, 2.24) is 19.5 Å². The van der Waals surface area contributed by atoms with Crippen molar-refractivity contribution < 1.29 is 33.3 Å². The molecule has 2 aliphatic heterocycles. The molecule has 0 bridgehead atoms. The highest BCUT2D eigenvalue weighted by molar-refractivity contribution is 5.82. The molecule has 0 radical (unpaired) electrons. The molecule has 2 aliphatic rings. The zero-order chi connectivity index (χ0) is 23.7. The van der Waals surface area contributed by atoms with Crippen molar-refractivity contribution >= 4 is 28.9 Å². The second kappa shape index (κ2) is 9.14. The highest BCUT2D eigenvalue weighted by Crippen LogP contribution is 2.34. The zero-order valence-corrected chi connectivity index (χ0v) is 18.6. The van der Waals surface area contributed by atoms with Crippen molar-refractivity contribution in [2.75, 3.05) is 18.7 Å². The molecule has 34 heavy (non-hydrogen) atoms. The Morgan fingerprint density at radius 2 is 2.00 bits per heavy atom. The molecule has 178 valence electrons. The predicted molar refractivity (Wildman–Crippen MR) is 116 cm³/mol. The number of nitrogens with one attached hydrogen (secondary N) is 1. The van der Waals surface area contributed by atoms with Crippen molar-refractivity contribution in [3.05, 3.63) is 36.4 Å². The maximum atomic E-state index is 11.5. The first kappa shape index (κ1) is 21.9. The van der Waals surface area contributed by atoms with E-state index in [1.807, 2.05) is 18.2 Å². The van der Waals surface area contributed by atoms with Crippen LogP contribution in [0, 0.1) is 0 Å². The molecule has 1 fully saturated rings. The molecule has 3 atom stereocenters. The van der Waals surface area contributed by atoms with Crippen LogP contribution in [0.4, 0.5) is 5.82 Å². The Morgan fingerprint density at radius 1 is 1.15 bits per heavy atom. The summed E-state index contributed by atoms with van der Waals surface area (Å²) in [5, 5.41) is 3.28. The van der Waals surface area contributed by atoms with E-state index in [9.17, 15) is 9.59 Å². The number of carbonyl (C=O) groups excluding carboxylic acids is 2. The fourth-order valence-electron chi connectivity index (χ4n) is 3.99. The van der Waals surface area contributed by atoms with Gasteiger partial charge in [0.1, 0.15) is 31.4 Å². The Bertz CT molecular complexity index is 1230. The van der Waals surface area contributed by atoms with Crippen LogP contribution >= 0.6 is 0 Å². The van der Waals surface area contributed by atoms with Crippen LogP contribution in [0.25, 0.3) is 11.2 Å². The summed E-state index contributed by atoms with van der Waals surface area (Å²) in [5.41, 5.74) is 2.12. The van der Waals surface area contributed by atoms with Gasteiger partial charge in [0.2, 0.25) is 6.79 Å². The van der Waals surface area contributed by atoms with Crippen molar-refractivity contribution in [2.45, 2.75) is 45.2 Å². The van der Waals surface area contributed by atoms with Gasteiger partial charge in [0, 0.05) is 26.8 Å². The summed E-state index contributed by atoms with van der Waals surface area (Å²) in [6.07, 6.45) is 1.74. The minimum absolute atomic E-state index is 0.0201. The molecule has 1 aromatic carbocycles. The molecule has 0 spiro atoms. The summed E-state index contributed by atoms with van der Waals surface area (Å²) in [7, 11) is 0. The van der Waals surface area contributed by atoms with Crippen molar-refractivity contribution in [3.8, 4) is 11.5 Å². The average Bonchev–Trinajstić information content (AvgIpc) is 3.53. The Kier molecular flexibility index (Phi) is 5.88. The van der Waals surface area contributed by atoms with Crippen LogP contribution in [-0.2, 0) is 30.3 Å². The van der Waals surface area contributed by atoms with E-state index in [-0.39, 0.29) is 13.4 Å². The van der Waals surface area contributed by atoms with Gasteiger partial charge in [0.25, 0.3) is 0 Å². The quantitative estimate of drug-likeness (QED) is 0.508. The van der Waals surface area contributed by atoms with Gasteiger partial charge in [-0.3, -0.25) is 14.2 Å². The average molecular weight is 469 g/mol. The minimum Gasteiger partial charge on any atom is -0.463 e. The number of hydrogen-bond acceptors (Lipinski definition) is 11. The van der Waals surface area contributed by atoms with Gasteiger partial charge in [-0.1, -0.05) is 6.07 Å². The van der Waals surface area contributed by atoms with Gasteiger partial charge in [-0.2, -0.15) is 0 Å². The number of esters is 2. The molecule has 1 saturated heterocycles. The molecule has 0 aliphatic carbocycles. The number of fused-ring (bicyclic) bond motifs is 2. The number of anilines is 1. The number of carbonyl (C=O) groups is 2. The number of rotatable bonds is 7. The Hall–Kier alpha value is -3.93. The standard InChI is InChI=1S/C22H23N5O7/c1-12(28)30-8-18-17(33-13(2)29)6-19(34-18)27-10-26-20-21(24-9-25-22(20)27)23-7-14-3-4-15-16(5-14)32-11-31-15/h3-5,9-10,17-19H,6-8,11H2,1-2H3,(H,23,24,25)/t17-,18-,19-/m1/s1. The molecule has 1 N–H and O–H groups in total. The largest absolute Gasteiger partial charge is 0.463 e. The topological polar surface area (TPSA) is 136 Å². The van der Waals surface area contributed by atoms with Gasteiger partial charge < -0.3 is 29.0 Å².